The van der Waals surface area contributed by atoms with E-state index in [0.29, 0.717) is 17.7 Å². The van der Waals surface area contributed by atoms with Gasteiger partial charge in [-0.3, -0.25) is 4.90 Å². The predicted molar refractivity (Wildman–Crippen MR) is 88.9 cm³/mol. The average Bonchev–Trinajstić information content (AvgIpc) is 2.52. The molecule has 1 saturated heterocycles. The van der Waals surface area contributed by atoms with E-state index in [1.165, 1.54) is 25.3 Å². The van der Waals surface area contributed by atoms with E-state index in [1.807, 2.05) is 0 Å². The van der Waals surface area contributed by atoms with Crippen LogP contribution in [-0.2, 0) is 0 Å². The fourth-order valence-corrected chi connectivity index (χ4v) is 2.79. The van der Waals surface area contributed by atoms with Crippen molar-refractivity contribution in [1.29, 1.82) is 0 Å². The van der Waals surface area contributed by atoms with Gasteiger partial charge in [0.1, 0.15) is 11.5 Å². The summed E-state index contributed by atoms with van der Waals surface area (Å²) in [6, 6.07) is 4.08. The molecule has 4 nitrogen and oxygen atoms in total. The lowest BCUT2D eigenvalue weighted by Gasteiger charge is -2.35. The first-order valence-electron chi connectivity index (χ1n) is 7.44. The Kier molecular flexibility index (Phi) is 7.86. The second-order valence-corrected chi connectivity index (χ2v) is 5.28. The van der Waals surface area contributed by atoms with Gasteiger partial charge in [0.05, 0.1) is 7.11 Å². The van der Waals surface area contributed by atoms with Gasteiger partial charge in [0.2, 0.25) is 0 Å². The van der Waals surface area contributed by atoms with Crippen LogP contribution < -0.4 is 14.8 Å². The standard InChI is InChI=1S/C16H21F3N2O2.ClH/c1-3-4-14(21-9-7-20-8-10-21)13-11-12(23-16(17,18)19)5-6-15(13)22-2;/h3,5-6,11,14,20H,1,4,7-10H2,2H3;1H/t14-;/m0./s1. The Morgan fingerprint density at radius 3 is 2.54 bits per heavy atom. The quantitative estimate of drug-likeness (QED) is 0.781. The van der Waals surface area contributed by atoms with Crippen molar-refractivity contribution in [2.24, 2.45) is 0 Å². The summed E-state index contributed by atoms with van der Waals surface area (Å²) in [6.45, 7) is 7.07. The Labute approximate surface area is 146 Å². The van der Waals surface area contributed by atoms with Crippen LogP contribution in [0.2, 0.25) is 0 Å². The molecule has 0 spiro atoms. The Morgan fingerprint density at radius 1 is 1.33 bits per heavy atom. The Hall–Kier alpha value is -1.44. The van der Waals surface area contributed by atoms with E-state index in [2.05, 4.69) is 21.5 Å². The Balaban J connectivity index is 0.00000288. The van der Waals surface area contributed by atoms with Crippen molar-refractivity contribution in [2.75, 3.05) is 33.3 Å². The molecule has 0 bridgehead atoms. The van der Waals surface area contributed by atoms with E-state index in [4.69, 9.17) is 4.74 Å². The zero-order chi connectivity index (χ0) is 16.9. The van der Waals surface area contributed by atoms with Crippen LogP contribution in [0.4, 0.5) is 13.2 Å². The van der Waals surface area contributed by atoms with Gasteiger partial charge in [-0.1, -0.05) is 6.08 Å². The van der Waals surface area contributed by atoms with Crippen molar-refractivity contribution in [1.82, 2.24) is 10.2 Å². The highest BCUT2D eigenvalue weighted by Crippen LogP contribution is 2.36. The van der Waals surface area contributed by atoms with Crippen LogP contribution >= 0.6 is 12.4 Å². The first-order chi connectivity index (χ1) is 10.9. The number of halogens is 4. The van der Waals surface area contributed by atoms with Crippen LogP contribution in [-0.4, -0.2) is 44.6 Å². The molecule has 0 saturated carbocycles. The molecule has 1 atom stereocenters. The maximum atomic E-state index is 12.5. The zero-order valence-corrected chi connectivity index (χ0v) is 14.3. The molecule has 8 heteroatoms. The summed E-state index contributed by atoms with van der Waals surface area (Å²) in [5.74, 6) is 0.308. The molecule has 2 rings (SSSR count). The molecule has 0 amide bonds. The van der Waals surface area contributed by atoms with Crippen molar-refractivity contribution in [2.45, 2.75) is 18.8 Å². The summed E-state index contributed by atoms with van der Waals surface area (Å²) in [4.78, 5) is 2.22. The van der Waals surface area contributed by atoms with Gasteiger partial charge in [-0.2, -0.15) is 0 Å². The number of alkyl halides is 3. The number of nitrogens with zero attached hydrogens (tertiary/aromatic N) is 1. The van der Waals surface area contributed by atoms with Crippen LogP contribution in [0.5, 0.6) is 11.5 Å². The highest BCUT2D eigenvalue weighted by molar-refractivity contribution is 5.85. The summed E-state index contributed by atoms with van der Waals surface area (Å²) >= 11 is 0. The first kappa shape index (κ1) is 20.6. The summed E-state index contributed by atoms with van der Waals surface area (Å²) in [6.07, 6.45) is -2.33. The van der Waals surface area contributed by atoms with Crippen molar-refractivity contribution in [3.8, 4) is 11.5 Å². The summed E-state index contributed by atoms with van der Waals surface area (Å²) < 4.78 is 46.8. The number of piperazine rings is 1. The minimum absolute atomic E-state index is 0. The van der Waals surface area contributed by atoms with Crippen LogP contribution in [0.1, 0.15) is 18.0 Å². The van der Waals surface area contributed by atoms with Gasteiger partial charge in [0, 0.05) is 37.8 Å². The number of rotatable bonds is 6. The highest BCUT2D eigenvalue weighted by atomic mass is 35.5. The van der Waals surface area contributed by atoms with Gasteiger partial charge < -0.3 is 14.8 Å². The normalized spacial score (nSPS) is 16.8. The van der Waals surface area contributed by atoms with Gasteiger partial charge in [0.25, 0.3) is 0 Å². The van der Waals surface area contributed by atoms with Crippen molar-refractivity contribution in [3.05, 3.63) is 36.4 Å². The van der Waals surface area contributed by atoms with Gasteiger partial charge in [-0.15, -0.1) is 32.2 Å². The second kappa shape index (κ2) is 9.15. The molecular formula is C16H22ClF3N2O2. The van der Waals surface area contributed by atoms with Crippen LogP contribution in [0.25, 0.3) is 0 Å². The van der Waals surface area contributed by atoms with Crippen molar-refractivity contribution < 1.29 is 22.6 Å². The molecule has 0 unspecified atom stereocenters. The van der Waals surface area contributed by atoms with Crippen molar-refractivity contribution >= 4 is 12.4 Å². The SMILES string of the molecule is C=CC[C@@H](c1cc(OC(F)(F)F)ccc1OC)N1CCNCC1.Cl. The molecule has 1 fully saturated rings. The van der Waals surface area contributed by atoms with Gasteiger partial charge in [-0.05, 0) is 24.6 Å². The van der Waals surface area contributed by atoms with E-state index in [0.717, 1.165) is 26.2 Å². The fraction of sp³-hybridized carbons (Fsp3) is 0.500. The molecule has 1 aliphatic rings. The van der Waals surface area contributed by atoms with E-state index < -0.39 is 6.36 Å². The molecule has 1 aromatic rings. The van der Waals surface area contributed by atoms with Crippen molar-refractivity contribution in [3.63, 3.8) is 0 Å². The van der Waals surface area contributed by atoms with Gasteiger partial charge in [-0.25, -0.2) is 0 Å². The minimum atomic E-state index is -4.71. The minimum Gasteiger partial charge on any atom is -0.496 e. The fourth-order valence-electron chi connectivity index (χ4n) is 2.79. The number of hydrogen-bond acceptors (Lipinski definition) is 4. The first-order valence-corrected chi connectivity index (χ1v) is 7.44. The largest absolute Gasteiger partial charge is 0.573 e. The van der Waals surface area contributed by atoms with Gasteiger partial charge in [0.15, 0.2) is 0 Å². The molecule has 1 aromatic carbocycles. The lowest BCUT2D eigenvalue weighted by molar-refractivity contribution is -0.274. The lowest BCUT2D eigenvalue weighted by Crippen LogP contribution is -2.45. The summed E-state index contributed by atoms with van der Waals surface area (Å²) in [7, 11) is 1.51. The molecule has 1 heterocycles. The van der Waals surface area contributed by atoms with E-state index in [9.17, 15) is 13.2 Å². The summed E-state index contributed by atoms with van der Waals surface area (Å²) in [5, 5.41) is 3.26. The molecule has 0 aliphatic carbocycles. The monoisotopic (exact) mass is 366 g/mol. The average molecular weight is 367 g/mol. The molecule has 0 radical (unpaired) electrons. The van der Waals surface area contributed by atoms with Crippen LogP contribution in [0, 0.1) is 0 Å². The maximum Gasteiger partial charge on any atom is 0.573 e. The third-order valence-electron chi connectivity index (χ3n) is 3.78. The van der Waals surface area contributed by atoms with E-state index >= 15 is 0 Å². The number of benzene rings is 1. The third kappa shape index (κ3) is 5.58. The molecule has 24 heavy (non-hydrogen) atoms. The van der Waals surface area contributed by atoms with E-state index in [1.54, 1.807) is 6.08 Å². The lowest BCUT2D eigenvalue weighted by atomic mass is 9.99. The third-order valence-corrected chi connectivity index (χ3v) is 3.78. The summed E-state index contributed by atoms with van der Waals surface area (Å²) in [5.41, 5.74) is 0.677. The number of ether oxygens (including phenoxy) is 2. The van der Waals surface area contributed by atoms with Crippen LogP contribution in [0.15, 0.2) is 30.9 Å². The maximum absolute atomic E-state index is 12.5. The predicted octanol–water partition coefficient (Wildman–Crippen LogP) is 3.54. The van der Waals surface area contributed by atoms with E-state index in [-0.39, 0.29) is 24.2 Å². The molecule has 1 aliphatic heterocycles. The topological polar surface area (TPSA) is 33.7 Å². The van der Waals surface area contributed by atoms with Crippen LogP contribution in [0.3, 0.4) is 0 Å². The molecule has 0 aromatic heterocycles. The number of hydrogen-bond donors (Lipinski definition) is 1. The Morgan fingerprint density at radius 2 is 2.00 bits per heavy atom. The molecular weight excluding hydrogens is 345 g/mol. The highest BCUT2D eigenvalue weighted by Gasteiger charge is 2.32. The van der Waals surface area contributed by atoms with Gasteiger partial charge >= 0.3 is 6.36 Å². The zero-order valence-electron chi connectivity index (χ0n) is 13.4. The second-order valence-electron chi connectivity index (χ2n) is 5.28. The number of methoxy groups -OCH3 is 1. The Bertz CT molecular complexity index is 535. The number of nitrogens with one attached hydrogen (secondary N) is 1. The molecule has 1 N–H and O–H groups in total. The molecule has 136 valence electrons. The smallest absolute Gasteiger partial charge is 0.496 e.